The number of aliphatic hydroxyl groups is 1. The van der Waals surface area contributed by atoms with Crippen molar-refractivity contribution in [3.8, 4) is 17.0 Å². The summed E-state index contributed by atoms with van der Waals surface area (Å²) in [5.41, 5.74) is 8.43. The predicted molar refractivity (Wildman–Crippen MR) is 117 cm³/mol. The first kappa shape index (κ1) is 20.3. The molecule has 3 heterocycles. The van der Waals surface area contributed by atoms with Gasteiger partial charge in [-0.25, -0.2) is 19.2 Å². The lowest BCUT2D eigenvalue weighted by atomic mass is 9.92. The lowest BCUT2D eigenvalue weighted by molar-refractivity contribution is -0.0561. The van der Waals surface area contributed by atoms with Crippen molar-refractivity contribution in [2.24, 2.45) is 0 Å². The Labute approximate surface area is 182 Å². The highest BCUT2D eigenvalue weighted by molar-refractivity contribution is 5.99. The molecule has 1 saturated carbocycles. The highest BCUT2D eigenvalue weighted by atomic mass is 19.1. The number of aliphatic hydroxyl groups excluding tert-OH is 1. The number of pyridine rings is 2. The van der Waals surface area contributed by atoms with Crippen LogP contribution in [0.5, 0.6) is 5.88 Å². The van der Waals surface area contributed by atoms with Crippen LogP contribution in [0.4, 0.5) is 26.4 Å². The lowest BCUT2D eigenvalue weighted by Crippen LogP contribution is -2.41. The number of nitrogens with one attached hydrogen (secondary N) is 2. The van der Waals surface area contributed by atoms with Gasteiger partial charge in [-0.15, -0.1) is 0 Å². The zero-order valence-corrected chi connectivity index (χ0v) is 17.3. The number of nitrogens with zero attached hydrogens (tertiary/aromatic N) is 2. The molecule has 2 aromatic heterocycles. The molecule has 32 heavy (non-hydrogen) atoms. The summed E-state index contributed by atoms with van der Waals surface area (Å²) < 4.78 is 25.9. The Morgan fingerprint density at radius 3 is 2.91 bits per heavy atom. The average molecular weight is 439 g/mol. The number of benzene rings is 1. The minimum atomic E-state index is -0.711. The van der Waals surface area contributed by atoms with E-state index in [4.69, 9.17) is 15.2 Å². The Balaban J connectivity index is 1.50. The largest absolute Gasteiger partial charge is 0.474 e. The molecule has 0 spiro atoms. The average Bonchev–Trinajstić information content (AvgIpc) is 2.79. The molecule has 0 saturated heterocycles. The van der Waals surface area contributed by atoms with Gasteiger partial charge in [-0.2, -0.15) is 0 Å². The van der Waals surface area contributed by atoms with E-state index in [1.54, 1.807) is 18.3 Å². The third-order valence-corrected chi connectivity index (χ3v) is 5.90. The zero-order chi connectivity index (χ0) is 22.4. The number of halogens is 1. The van der Waals surface area contributed by atoms with Crippen molar-refractivity contribution in [1.82, 2.24) is 9.97 Å². The molecule has 1 aliphatic carbocycles. The molecule has 5 N–H and O–H groups in total. The van der Waals surface area contributed by atoms with E-state index in [0.717, 1.165) is 11.3 Å². The fraction of sp³-hybridized carbons (Fsp3) is 0.318. The van der Waals surface area contributed by atoms with E-state index in [0.29, 0.717) is 48.2 Å². The van der Waals surface area contributed by atoms with Gasteiger partial charge in [0.15, 0.2) is 5.82 Å². The quantitative estimate of drug-likeness (QED) is 0.458. The molecule has 0 unspecified atom stereocenters. The molecule has 166 valence electrons. The van der Waals surface area contributed by atoms with Gasteiger partial charge in [-0.3, -0.25) is 5.32 Å². The zero-order valence-electron chi connectivity index (χ0n) is 17.3. The summed E-state index contributed by atoms with van der Waals surface area (Å²) >= 11 is 0. The number of hydrogen-bond donors (Lipinski definition) is 4. The molecule has 0 radical (unpaired) electrons. The van der Waals surface area contributed by atoms with E-state index in [9.17, 15) is 9.90 Å². The van der Waals surface area contributed by atoms with Crippen LogP contribution < -0.4 is 21.1 Å². The van der Waals surface area contributed by atoms with Crippen LogP contribution in [0.2, 0.25) is 0 Å². The Bertz CT molecular complexity index is 1230. The number of ether oxygens (including phenoxy) is 2. The maximum atomic E-state index is 15.2. The van der Waals surface area contributed by atoms with Gasteiger partial charge >= 0.3 is 6.09 Å². The number of fused-ring (bicyclic) bond motifs is 2. The van der Waals surface area contributed by atoms with Crippen LogP contribution in [-0.4, -0.2) is 46.5 Å². The van der Waals surface area contributed by atoms with Crippen molar-refractivity contribution < 1.29 is 23.8 Å². The second-order valence-corrected chi connectivity index (χ2v) is 7.91. The predicted octanol–water partition coefficient (Wildman–Crippen LogP) is 3.20. The number of carbonyl (C=O) groups is 1. The van der Waals surface area contributed by atoms with Gasteiger partial charge in [0.1, 0.15) is 24.2 Å². The summed E-state index contributed by atoms with van der Waals surface area (Å²) in [4.78, 5) is 20.5. The number of nitrogen functional groups attached to an aromatic ring is 1. The van der Waals surface area contributed by atoms with Crippen LogP contribution in [0.25, 0.3) is 21.9 Å². The third-order valence-electron chi connectivity index (χ3n) is 5.90. The SMILES string of the molecule is Cc1c(-c2cc3cc(NC(=O)O[C@H]4CC[C@H]4O)ncc3c(N)c2F)cnc2c1NCCO2. The van der Waals surface area contributed by atoms with Crippen molar-refractivity contribution in [3.63, 3.8) is 0 Å². The van der Waals surface area contributed by atoms with E-state index >= 15 is 4.39 Å². The smallest absolute Gasteiger partial charge is 0.413 e. The van der Waals surface area contributed by atoms with Gasteiger partial charge in [0.05, 0.1) is 11.8 Å². The fourth-order valence-electron chi connectivity index (χ4n) is 3.92. The van der Waals surface area contributed by atoms with E-state index < -0.39 is 24.1 Å². The van der Waals surface area contributed by atoms with Crippen molar-refractivity contribution in [2.45, 2.75) is 32.0 Å². The maximum Gasteiger partial charge on any atom is 0.413 e. The summed E-state index contributed by atoms with van der Waals surface area (Å²) in [6, 6.07) is 3.24. The van der Waals surface area contributed by atoms with E-state index in [1.165, 1.54) is 6.20 Å². The maximum absolute atomic E-state index is 15.2. The molecule has 1 aromatic carbocycles. The topological polar surface area (TPSA) is 132 Å². The van der Waals surface area contributed by atoms with Crippen LogP contribution in [0.3, 0.4) is 0 Å². The summed E-state index contributed by atoms with van der Waals surface area (Å²) in [6.07, 6.45) is 2.33. The molecule has 0 bridgehead atoms. The first-order valence-corrected chi connectivity index (χ1v) is 10.3. The van der Waals surface area contributed by atoms with Crippen molar-refractivity contribution in [2.75, 3.05) is 29.5 Å². The van der Waals surface area contributed by atoms with E-state index in [1.807, 2.05) is 6.92 Å². The number of carbonyl (C=O) groups excluding carboxylic acids is 1. The molecule has 10 heteroatoms. The van der Waals surface area contributed by atoms with Gasteiger partial charge in [0.2, 0.25) is 5.88 Å². The van der Waals surface area contributed by atoms with Gasteiger partial charge in [-0.05, 0) is 42.8 Å². The second-order valence-electron chi connectivity index (χ2n) is 7.91. The highest BCUT2D eigenvalue weighted by Gasteiger charge is 2.32. The summed E-state index contributed by atoms with van der Waals surface area (Å²) in [5, 5.41) is 16.4. The van der Waals surface area contributed by atoms with Crippen LogP contribution in [0.1, 0.15) is 18.4 Å². The van der Waals surface area contributed by atoms with Gasteiger partial charge in [-0.1, -0.05) is 0 Å². The Hall–Kier alpha value is -3.66. The number of nitrogens with two attached hydrogens (primary N) is 1. The molecular formula is C22H22FN5O4. The molecule has 2 atom stereocenters. The van der Waals surface area contributed by atoms with E-state index in [2.05, 4.69) is 20.6 Å². The lowest BCUT2D eigenvalue weighted by Gasteiger charge is -2.31. The fourth-order valence-corrected chi connectivity index (χ4v) is 3.92. The molecule has 3 aromatic rings. The summed E-state index contributed by atoms with van der Waals surface area (Å²) in [6.45, 7) is 3.01. The van der Waals surface area contributed by atoms with Gasteiger partial charge < -0.3 is 25.6 Å². The van der Waals surface area contributed by atoms with Crippen molar-refractivity contribution >= 4 is 34.1 Å². The van der Waals surface area contributed by atoms with Crippen LogP contribution in [-0.2, 0) is 4.74 Å². The van der Waals surface area contributed by atoms with Gasteiger partial charge in [0.25, 0.3) is 0 Å². The molecule has 2 aliphatic rings. The standard InChI is InChI=1S/C22H22FN5O4/c1-10-13(8-27-21-20(10)25-4-5-31-21)12-6-11-7-17(26-9-14(11)19(24)18(12)23)28-22(30)32-16-3-2-15(16)29/h6-9,15-16,25,29H,2-5,24H2,1H3,(H,26,28,30)/t15-,16+/m1/s1. The number of amides is 1. The Kier molecular flexibility index (Phi) is 4.93. The molecule has 9 nitrogen and oxygen atoms in total. The monoisotopic (exact) mass is 439 g/mol. The highest BCUT2D eigenvalue weighted by Crippen LogP contribution is 2.39. The normalized spacial score (nSPS) is 19.3. The molecular weight excluding hydrogens is 417 g/mol. The Morgan fingerprint density at radius 1 is 1.31 bits per heavy atom. The number of hydrogen-bond acceptors (Lipinski definition) is 8. The minimum Gasteiger partial charge on any atom is -0.474 e. The minimum absolute atomic E-state index is 0.0435. The second kappa shape index (κ2) is 7.79. The molecule has 1 amide bonds. The first-order valence-electron chi connectivity index (χ1n) is 10.3. The number of anilines is 3. The van der Waals surface area contributed by atoms with Crippen LogP contribution in [0.15, 0.2) is 24.5 Å². The number of rotatable bonds is 3. The molecule has 1 aliphatic heterocycles. The third kappa shape index (κ3) is 3.42. The van der Waals surface area contributed by atoms with E-state index in [-0.39, 0.29) is 17.1 Å². The Morgan fingerprint density at radius 2 is 2.16 bits per heavy atom. The number of aromatic nitrogens is 2. The van der Waals surface area contributed by atoms with Crippen LogP contribution in [0, 0.1) is 12.7 Å². The first-order chi connectivity index (χ1) is 15.4. The van der Waals surface area contributed by atoms with Crippen LogP contribution >= 0.6 is 0 Å². The van der Waals surface area contributed by atoms with Gasteiger partial charge in [0, 0.05) is 35.5 Å². The summed E-state index contributed by atoms with van der Waals surface area (Å²) in [7, 11) is 0. The molecule has 5 rings (SSSR count). The van der Waals surface area contributed by atoms with Crippen molar-refractivity contribution in [3.05, 3.63) is 35.9 Å². The molecule has 1 fully saturated rings. The summed E-state index contributed by atoms with van der Waals surface area (Å²) in [5.74, 6) is 0.140. The van der Waals surface area contributed by atoms with Crippen molar-refractivity contribution in [1.29, 1.82) is 0 Å².